The molecule has 0 fully saturated rings. The van der Waals surface area contributed by atoms with Crippen molar-refractivity contribution in [1.82, 2.24) is 5.32 Å². The molecule has 152 valence electrons. The Bertz CT molecular complexity index is 890. The number of benzene rings is 2. The van der Waals surface area contributed by atoms with Crippen LogP contribution in [0.3, 0.4) is 0 Å². The van der Waals surface area contributed by atoms with Crippen LogP contribution in [-0.2, 0) is 19.1 Å². The quantitative estimate of drug-likeness (QED) is 0.577. The molecule has 1 aliphatic rings. The van der Waals surface area contributed by atoms with Crippen LogP contribution in [0.4, 0.5) is 5.69 Å². The van der Waals surface area contributed by atoms with E-state index in [-0.39, 0.29) is 12.5 Å². The largest absolute Gasteiger partial charge is 0.477 e. The molecule has 1 aliphatic heterocycles. The SMILES string of the molecule is CNC(=O)[C@@H]1CN(C(=O)COC(=O)[C@H](C)Sc2ccccc2)c2ccccc2O1. The zero-order chi connectivity index (χ0) is 20.8. The van der Waals surface area contributed by atoms with Crippen molar-refractivity contribution in [2.45, 2.75) is 23.2 Å². The number of esters is 1. The minimum absolute atomic E-state index is 0.0430. The zero-order valence-electron chi connectivity index (χ0n) is 16.2. The summed E-state index contributed by atoms with van der Waals surface area (Å²) in [6, 6.07) is 16.4. The molecule has 0 saturated carbocycles. The third-order valence-electron chi connectivity index (χ3n) is 4.34. The van der Waals surface area contributed by atoms with E-state index in [9.17, 15) is 14.4 Å². The number of carbonyl (C=O) groups excluding carboxylic acids is 3. The first kappa shape index (κ1) is 20.7. The lowest BCUT2D eigenvalue weighted by atomic mass is 10.1. The molecule has 2 amide bonds. The molecular weight excluding hydrogens is 392 g/mol. The number of amides is 2. The Morgan fingerprint density at radius 3 is 2.59 bits per heavy atom. The summed E-state index contributed by atoms with van der Waals surface area (Å²) < 4.78 is 10.9. The molecule has 0 bridgehead atoms. The molecular formula is C21H22N2O5S. The van der Waals surface area contributed by atoms with Crippen molar-refractivity contribution in [3.8, 4) is 5.75 Å². The normalized spacial score (nSPS) is 16.2. The van der Waals surface area contributed by atoms with Crippen molar-refractivity contribution in [2.24, 2.45) is 0 Å². The number of carbonyl (C=O) groups is 3. The van der Waals surface area contributed by atoms with Crippen molar-refractivity contribution in [3.63, 3.8) is 0 Å². The van der Waals surface area contributed by atoms with Gasteiger partial charge in [0, 0.05) is 11.9 Å². The van der Waals surface area contributed by atoms with Crippen LogP contribution in [0.25, 0.3) is 0 Å². The van der Waals surface area contributed by atoms with Gasteiger partial charge in [0.05, 0.1) is 12.2 Å². The summed E-state index contributed by atoms with van der Waals surface area (Å²) in [5.74, 6) is -0.793. The summed E-state index contributed by atoms with van der Waals surface area (Å²) in [5, 5.41) is 2.07. The predicted molar refractivity (Wildman–Crippen MR) is 110 cm³/mol. The van der Waals surface area contributed by atoms with E-state index in [0.717, 1.165) is 4.90 Å². The van der Waals surface area contributed by atoms with Gasteiger partial charge in [0.25, 0.3) is 11.8 Å². The number of likely N-dealkylation sites (N-methyl/N-ethyl adjacent to an activating group) is 1. The van der Waals surface area contributed by atoms with Crippen molar-refractivity contribution < 1.29 is 23.9 Å². The van der Waals surface area contributed by atoms with Gasteiger partial charge < -0.3 is 19.7 Å². The first-order chi connectivity index (χ1) is 14.0. The van der Waals surface area contributed by atoms with Crippen LogP contribution in [0.15, 0.2) is 59.5 Å². The lowest BCUT2D eigenvalue weighted by Crippen LogP contribution is -2.51. The molecule has 1 N–H and O–H groups in total. The smallest absolute Gasteiger partial charge is 0.319 e. The maximum atomic E-state index is 12.8. The molecule has 0 saturated heterocycles. The van der Waals surface area contributed by atoms with E-state index in [1.165, 1.54) is 23.7 Å². The molecule has 2 atom stereocenters. The molecule has 0 spiro atoms. The van der Waals surface area contributed by atoms with Crippen LogP contribution < -0.4 is 15.0 Å². The number of rotatable bonds is 6. The Morgan fingerprint density at radius 2 is 1.86 bits per heavy atom. The zero-order valence-corrected chi connectivity index (χ0v) is 17.0. The fraction of sp³-hybridized carbons (Fsp3) is 0.286. The number of fused-ring (bicyclic) bond motifs is 1. The fourth-order valence-corrected chi connectivity index (χ4v) is 3.73. The first-order valence-corrected chi connectivity index (χ1v) is 10.0. The van der Waals surface area contributed by atoms with Crippen LogP contribution in [-0.4, -0.2) is 49.3 Å². The third kappa shape index (κ3) is 5.08. The van der Waals surface area contributed by atoms with E-state index in [1.807, 2.05) is 30.3 Å². The summed E-state index contributed by atoms with van der Waals surface area (Å²) in [7, 11) is 1.51. The molecule has 0 radical (unpaired) electrons. The highest BCUT2D eigenvalue weighted by atomic mass is 32.2. The Labute approximate surface area is 173 Å². The number of hydrogen-bond acceptors (Lipinski definition) is 6. The molecule has 0 aliphatic carbocycles. The third-order valence-corrected chi connectivity index (χ3v) is 5.43. The van der Waals surface area contributed by atoms with E-state index in [2.05, 4.69) is 5.32 Å². The van der Waals surface area contributed by atoms with Gasteiger partial charge in [-0.25, -0.2) is 0 Å². The minimum atomic E-state index is -0.831. The molecule has 7 nitrogen and oxygen atoms in total. The van der Waals surface area contributed by atoms with E-state index in [4.69, 9.17) is 9.47 Å². The number of nitrogens with one attached hydrogen (secondary N) is 1. The predicted octanol–water partition coefficient (Wildman–Crippen LogP) is 2.25. The van der Waals surface area contributed by atoms with Gasteiger partial charge in [-0.2, -0.15) is 0 Å². The number of para-hydroxylation sites is 2. The summed E-state index contributed by atoms with van der Waals surface area (Å²) in [6.45, 7) is 1.37. The van der Waals surface area contributed by atoms with Gasteiger partial charge in [-0.3, -0.25) is 14.4 Å². The van der Waals surface area contributed by atoms with Gasteiger partial charge in [0.15, 0.2) is 12.7 Å². The minimum Gasteiger partial charge on any atom is -0.477 e. The summed E-state index contributed by atoms with van der Waals surface area (Å²) in [6.07, 6.45) is -0.831. The molecule has 3 rings (SSSR count). The van der Waals surface area contributed by atoms with Crippen molar-refractivity contribution >= 4 is 35.2 Å². The maximum absolute atomic E-state index is 12.8. The second kappa shape index (κ2) is 9.47. The number of ether oxygens (including phenoxy) is 2. The number of hydrogen-bond donors (Lipinski definition) is 1. The molecule has 2 aromatic rings. The molecule has 0 aromatic heterocycles. The average Bonchev–Trinajstić information content (AvgIpc) is 2.76. The fourth-order valence-electron chi connectivity index (χ4n) is 2.85. The highest BCUT2D eigenvalue weighted by Gasteiger charge is 2.33. The van der Waals surface area contributed by atoms with Gasteiger partial charge in [-0.1, -0.05) is 30.3 Å². The van der Waals surface area contributed by atoms with E-state index < -0.39 is 29.8 Å². The van der Waals surface area contributed by atoms with Gasteiger partial charge >= 0.3 is 5.97 Å². The summed E-state index contributed by atoms with van der Waals surface area (Å²) in [4.78, 5) is 39.4. The average molecular weight is 414 g/mol. The Morgan fingerprint density at radius 1 is 1.17 bits per heavy atom. The van der Waals surface area contributed by atoms with Crippen molar-refractivity contribution in [1.29, 1.82) is 0 Å². The summed E-state index contributed by atoms with van der Waals surface area (Å²) >= 11 is 1.36. The van der Waals surface area contributed by atoms with E-state index >= 15 is 0 Å². The highest BCUT2D eigenvalue weighted by molar-refractivity contribution is 8.00. The molecule has 1 heterocycles. The monoisotopic (exact) mass is 414 g/mol. The van der Waals surface area contributed by atoms with E-state index in [0.29, 0.717) is 11.4 Å². The number of thioether (sulfide) groups is 1. The summed E-state index contributed by atoms with van der Waals surface area (Å²) in [5.41, 5.74) is 0.542. The van der Waals surface area contributed by atoms with Gasteiger partial charge in [0.2, 0.25) is 0 Å². The lowest BCUT2D eigenvalue weighted by Gasteiger charge is -2.33. The second-order valence-corrected chi connectivity index (χ2v) is 7.79. The molecule has 0 unspecified atom stereocenters. The van der Waals surface area contributed by atoms with Crippen LogP contribution >= 0.6 is 11.8 Å². The van der Waals surface area contributed by atoms with Gasteiger partial charge in [-0.15, -0.1) is 11.8 Å². The maximum Gasteiger partial charge on any atom is 0.319 e. The second-order valence-electron chi connectivity index (χ2n) is 6.37. The molecule has 29 heavy (non-hydrogen) atoms. The van der Waals surface area contributed by atoms with Crippen LogP contribution in [0.2, 0.25) is 0 Å². The van der Waals surface area contributed by atoms with Crippen molar-refractivity contribution in [2.75, 3.05) is 25.1 Å². The number of anilines is 1. The Balaban J connectivity index is 1.63. The lowest BCUT2D eigenvalue weighted by molar-refractivity contribution is -0.147. The Hall–Kier alpha value is -3.00. The molecule has 8 heteroatoms. The van der Waals surface area contributed by atoms with E-state index in [1.54, 1.807) is 31.2 Å². The Kier molecular flexibility index (Phi) is 6.77. The van der Waals surface area contributed by atoms with Crippen molar-refractivity contribution in [3.05, 3.63) is 54.6 Å². The van der Waals surface area contributed by atoms with Crippen LogP contribution in [0, 0.1) is 0 Å². The van der Waals surface area contributed by atoms with Gasteiger partial charge in [0.1, 0.15) is 11.0 Å². The molecule has 2 aromatic carbocycles. The standard InChI is InChI=1S/C21H22N2O5S/c1-14(29-15-8-4-3-5-9-15)21(26)27-13-19(24)23-12-18(20(25)22-2)28-17-11-7-6-10-16(17)23/h3-11,14,18H,12-13H2,1-2H3,(H,22,25)/t14-,18-/m0/s1. The number of nitrogens with zero attached hydrogens (tertiary/aromatic N) is 1. The highest BCUT2D eigenvalue weighted by Crippen LogP contribution is 2.33. The van der Waals surface area contributed by atoms with Crippen LogP contribution in [0.5, 0.6) is 5.75 Å². The van der Waals surface area contributed by atoms with Gasteiger partial charge in [-0.05, 0) is 31.2 Å². The van der Waals surface area contributed by atoms with Crippen LogP contribution in [0.1, 0.15) is 6.92 Å². The first-order valence-electron chi connectivity index (χ1n) is 9.15. The topological polar surface area (TPSA) is 84.9 Å².